The van der Waals surface area contributed by atoms with Gasteiger partial charge in [0.2, 0.25) is 0 Å². The summed E-state index contributed by atoms with van der Waals surface area (Å²) in [6.07, 6.45) is -0.604. The summed E-state index contributed by atoms with van der Waals surface area (Å²) < 4.78 is 17.3. The van der Waals surface area contributed by atoms with E-state index in [2.05, 4.69) is 5.32 Å². The lowest BCUT2D eigenvalue weighted by molar-refractivity contribution is 0.103. The van der Waals surface area contributed by atoms with Crippen molar-refractivity contribution >= 4 is 27.2 Å². The van der Waals surface area contributed by atoms with Gasteiger partial charge in [-0.1, -0.05) is 0 Å². The van der Waals surface area contributed by atoms with E-state index in [1.54, 1.807) is 56.9 Å². The molecule has 1 unspecified atom stereocenters. The molecular weight excluding hydrogens is 450 g/mol. The molecule has 2 N–H and O–H groups in total. The second-order valence-electron chi connectivity index (χ2n) is 7.77. The van der Waals surface area contributed by atoms with Crippen LogP contribution >= 0.6 is 11.3 Å². The van der Waals surface area contributed by atoms with Gasteiger partial charge >= 0.3 is 0 Å². The minimum Gasteiger partial charge on any atom is -0.497 e. The molecule has 0 radical (unpaired) electrons. The second-order valence-corrected chi connectivity index (χ2v) is 8.82. The van der Waals surface area contributed by atoms with Crippen LogP contribution in [0.2, 0.25) is 0 Å². The summed E-state index contributed by atoms with van der Waals surface area (Å²) in [7, 11) is 5.03. The van der Waals surface area contributed by atoms with Gasteiger partial charge in [0.1, 0.15) is 30.0 Å². The van der Waals surface area contributed by atoms with Gasteiger partial charge in [0.05, 0.1) is 14.2 Å². The third kappa shape index (κ3) is 5.07. The first kappa shape index (κ1) is 23.8. The van der Waals surface area contributed by atoms with E-state index in [9.17, 15) is 9.90 Å². The van der Waals surface area contributed by atoms with Crippen LogP contribution in [0.25, 0.3) is 20.5 Å². The van der Waals surface area contributed by atoms with Crippen LogP contribution in [0.4, 0.5) is 0 Å². The highest BCUT2D eigenvalue weighted by atomic mass is 32.1. The van der Waals surface area contributed by atoms with E-state index in [0.29, 0.717) is 23.4 Å². The number of methoxy groups -OCH3 is 2. The van der Waals surface area contributed by atoms with Crippen LogP contribution < -0.4 is 19.5 Å². The van der Waals surface area contributed by atoms with Crippen molar-refractivity contribution in [1.82, 2.24) is 5.32 Å². The van der Waals surface area contributed by atoms with Crippen molar-refractivity contribution in [3.05, 3.63) is 77.9 Å². The lowest BCUT2D eigenvalue weighted by Crippen LogP contribution is -2.29. The molecule has 1 aromatic heterocycles. The average molecular weight is 478 g/mol. The van der Waals surface area contributed by atoms with E-state index in [1.165, 1.54) is 0 Å². The number of hydrogen-bond acceptors (Lipinski definition) is 7. The maximum Gasteiger partial charge on any atom is 0.195 e. The molecule has 176 valence electrons. The zero-order valence-electron chi connectivity index (χ0n) is 19.3. The number of nitrogens with one attached hydrogen (secondary N) is 1. The highest BCUT2D eigenvalue weighted by Crippen LogP contribution is 2.41. The Bertz CT molecular complexity index is 1260. The highest BCUT2D eigenvalue weighted by Gasteiger charge is 2.22. The van der Waals surface area contributed by atoms with Gasteiger partial charge in [-0.2, -0.15) is 0 Å². The first-order valence-electron chi connectivity index (χ1n) is 10.9. The molecule has 34 heavy (non-hydrogen) atoms. The van der Waals surface area contributed by atoms with Gasteiger partial charge in [-0.15, -0.1) is 11.3 Å². The Morgan fingerprint density at radius 2 is 1.59 bits per heavy atom. The van der Waals surface area contributed by atoms with Crippen molar-refractivity contribution in [2.24, 2.45) is 0 Å². The number of benzene rings is 3. The predicted octanol–water partition coefficient (Wildman–Crippen LogP) is 4.78. The zero-order valence-corrected chi connectivity index (χ0v) is 20.1. The molecule has 0 amide bonds. The van der Waals surface area contributed by atoms with Crippen molar-refractivity contribution in [1.29, 1.82) is 0 Å². The molecule has 0 spiro atoms. The number of carbonyl (C=O) groups is 1. The maximum atomic E-state index is 13.7. The van der Waals surface area contributed by atoms with E-state index in [0.717, 1.165) is 32.0 Å². The fourth-order valence-corrected chi connectivity index (χ4v) is 4.94. The standard InChI is InChI=1S/C27H27NO5S/c1-28-15-19(29)16-33-21-10-4-17(5-11-21)26(30)25-23-13-12-22(32-3)14-24(23)34-27(25)18-6-8-20(31-2)9-7-18/h4-14,19,28-29H,15-16H2,1-3H3. The first-order valence-corrected chi connectivity index (χ1v) is 11.7. The topological polar surface area (TPSA) is 77.0 Å². The summed E-state index contributed by atoms with van der Waals surface area (Å²) in [5.41, 5.74) is 2.17. The second kappa shape index (κ2) is 10.7. The van der Waals surface area contributed by atoms with Crippen molar-refractivity contribution in [3.63, 3.8) is 0 Å². The number of aliphatic hydroxyl groups excluding tert-OH is 1. The molecular formula is C27H27NO5S. The lowest BCUT2D eigenvalue weighted by Gasteiger charge is -2.12. The number of ether oxygens (including phenoxy) is 3. The Hall–Kier alpha value is -3.39. The molecule has 7 heteroatoms. The van der Waals surface area contributed by atoms with Gasteiger partial charge in [-0.05, 0) is 79.3 Å². The number of ketones is 1. The zero-order chi connectivity index (χ0) is 24.1. The van der Waals surface area contributed by atoms with Crippen molar-refractivity contribution < 1.29 is 24.1 Å². The molecule has 0 aliphatic heterocycles. The number of aliphatic hydroxyl groups is 1. The lowest BCUT2D eigenvalue weighted by atomic mass is 9.97. The number of likely N-dealkylation sites (N-methyl/N-ethyl adjacent to an activating group) is 1. The van der Waals surface area contributed by atoms with E-state index < -0.39 is 6.10 Å². The maximum absolute atomic E-state index is 13.7. The van der Waals surface area contributed by atoms with E-state index in [-0.39, 0.29) is 12.4 Å². The van der Waals surface area contributed by atoms with Crippen molar-refractivity contribution in [2.75, 3.05) is 34.4 Å². The largest absolute Gasteiger partial charge is 0.497 e. The average Bonchev–Trinajstić information content (AvgIpc) is 3.26. The molecule has 0 saturated heterocycles. The van der Waals surface area contributed by atoms with E-state index in [1.807, 2.05) is 42.5 Å². The molecule has 3 aromatic carbocycles. The quantitative estimate of drug-likeness (QED) is 0.320. The molecule has 0 bridgehead atoms. The van der Waals surface area contributed by atoms with E-state index >= 15 is 0 Å². The molecule has 0 aliphatic carbocycles. The summed E-state index contributed by atoms with van der Waals surface area (Å²) >= 11 is 1.56. The number of rotatable bonds is 10. The Morgan fingerprint density at radius 3 is 2.24 bits per heavy atom. The predicted molar refractivity (Wildman–Crippen MR) is 136 cm³/mol. The van der Waals surface area contributed by atoms with Crippen molar-refractivity contribution in [2.45, 2.75) is 6.10 Å². The number of carbonyl (C=O) groups excluding carboxylic acids is 1. The van der Waals surface area contributed by atoms with Gasteiger partial charge < -0.3 is 24.6 Å². The molecule has 1 heterocycles. The van der Waals surface area contributed by atoms with Gasteiger partial charge in [0.15, 0.2) is 5.78 Å². The third-order valence-electron chi connectivity index (χ3n) is 5.48. The summed E-state index contributed by atoms with van der Waals surface area (Å²) in [6, 6.07) is 20.5. The Balaban J connectivity index is 1.69. The summed E-state index contributed by atoms with van der Waals surface area (Å²) in [5.74, 6) is 2.04. The van der Waals surface area contributed by atoms with Crippen LogP contribution in [0.3, 0.4) is 0 Å². The third-order valence-corrected chi connectivity index (χ3v) is 6.68. The van der Waals surface area contributed by atoms with Gasteiger partial charge in [0, 0.05) is 32.6 Å². The Labute approximate surface area is 202 Å². The molecule has 0 saturated carbocycles. The smallest absolute Gasteiger partial charge is 0.195 e. The van der Waals surface area contributed by atoms with Crippen LogP contribution in [-0.4, -0.2) is 51.4 Å². The fourth-order valence-electron chi connectivity index (χ4n) is 3.71. The van der Waals surface area contributed by atoms with Gasteiger partial charge in [-0.25, -0.2) is 0 Å². The highest BCUT2D eigenvalue weighted by molar-refractivity contribution is 7.22. The van der Waals surface area contributed by atoms with Crippen LogP contribution in [0, 0.1) is 0 Å². The minimum atomic E-state index is -0.604. The monoisotopic (exact) mass is 477 g/mol. The summed E-state index contributed by atoms with van der Waals surface area (Å²) in [6.45, 7) is 0.619. The molecule has 0 aliphatic rings. The van der Waals surface area contributed by atoms with Gasteiger partial charge in [-0.3, -0.25) is 4.79 Å². The Morgan fingerprint density at radius 1 is 0.941 bits per heavy atom. The summed E-state index contributed by atoms with van der Waals surface area (Å²) in [5, 5.41) is 13.6. The van der Waals surface area contributed by atoms with Crippen LogP contribution in [0.1, 0.15) is 15.9 Å². The molecule has 4 rings (SSSR count). The van der Waals surface area contributed by atoms with Crippen LogP contribution in [0.15, 0.2) is 66.7 Å². The molecule has 6 nitrogen and oxygen atoms in total. The minimum absolute atomic E-state index is 0.0657. The number of hydrogen-bond donors (Lipinski definition) is 2. The normalized spacial score (nSPS) is 11.9. The van der Waals surface area contributed by atoms with Crippen molar-refractivity contribution in [3.8, 4) is 27.7 Å². The molecule has 0 fully saturated rings. The molecule has 1 atom stereocenters. The van der Waals surface area contributed by atoms with Gasteiger partial charge in [0.25, 0.3) is 0 Å². The molecule has 4 aromatic rings. The number of fused-ring (bicyclic) bond motifs is 1. The SMILES string of the molecule is CNCC(O)COc1ccc(C(=O)c2c(-c3ccc(OC)cc3)sc3cc(OC)ccc23)cc1. The summed E-state index contributed by atoms with van der Waals surface area (Å²) in [4.78, 5) is 14.6. The van der Waals surface area contributed by atoms with Crippen LogP contribution in [0.5, 0.6) is 17.2 Å². The number of thiophene rings is 1. The van der Waals surface area contributed by atoms with Crippen LogP contribution in [-0.2, 0) is 0 Å². The fraction of sp³-hybridized carbons (Fsp3) is 0.222. The first-order chi connectivity index (χ1) is 16.5. The Kier molecular flexibility index (Phi) is 7.47. The van der Waals surface area contributed by atoms with E-state index in [4.69, 9.17) is 14.2 Å².